The molecule has 1 saturated carbocycles. The maximum absolute atomic E-state index is 9.40. The third-order valence-electron chi connectivity index (χ3n) is 3.09. The van der Waals surface area contributed by atoms with Crippen LogP contribution in [0.5, 0.6) is 0 Å². The van der Waals surface area contributed by atoms with E-state index in [1.165, 1.54) is 25.0 Å². The monoisotopic (exact) mass is 201 g/mol. The Hall–Kier alpha value is 0.270. The van der Waals surface area contributed by atoms with Gasteiger partial charge in [-0.3, -0.25) is 0 Å². The number of rotatable bonds is 4. The van der Waals surface area contributed by atoms with E-state index in [0.29, 0.717) is 6.61 Å². The molecule has 0 bridgehead atoms. The summed E-state index contributed by atoms with van der Waals surface area (Å²) in [5.74, 6) is 3.28. The molecule has 13 heavy (non-hydrogen) atoms. The van der Waals surface area contributed by atoms with E-state index in [2.05, 4.69) is 5.32 Å². The molecule has 2 fully saturated rings. The number of hydrogen-bond acceptors (Lipinski definition) is 3. The maximum Gasteiger partial charge on any atom is 0.0621 e. The number of nitrogens with one attached hydrogen (secondary N) is 1. The van der Waals surface area contributed by atoms with Gasteiger partial charge in [0.2, 0.25) is 0 Å². The third kappa shape index (κ3) is 2.61. The molecule has 1 aliphatic carbocycles. The predicted octanol–water partition coefficient (Wildman–Crippen LogP) is 1.24. The lowest BCUT2D eigenvalue weighted by molar-refractivity contribution is 0.165. The first kappa shape index (κ1) is 9.81. The highest BCUT2D eigenvalue weighted by Crippen LogP contribution is 2.31. The summed E-state index contributed by atoms with van der Waals surface area (Å²) < 4.78 is 0. The minimum absolute atomic E-state index is 0.0610. The summed E-state index contributed by atoms with van der Waals surface area (Å²) in [5, 5.41) is 13.0. The van der Waals surface area contributed by atoms with E-state index in [-0.39, 0.29) is 5.54 Å². The quantitative estimate of drug-likeness (QED) is 0.718. The molecule has 76 valence electrons. The van der Waals surface area contributed by atoms with Crippen molar-refractivity contribution in [2.24, 2.45) is 5.92 Å². The lowest BCUT2D eigenvalue weighted by Crippen LogP contribution is -2.53. The van der Waals surface area contributed by atoms with Crippen molar-refractivity contribution >= 4 is 11.8 Å². The van der Waals surface area contributed by atoms with Gasteiger partial charge < -0.3 is 10.4 Å². The molecule has 1 atom stereocenters. The Labute approximate surface area is 84.5 Å². The first-order chi connectivity index (χ1) is 6.35. The Morgan fingerprint density at radius 2 is 2.31 bits per heavy atom. The van der Waals surface area contributed by atoms with Gasteiger partial charge in [-0.05, 0) is 43.9 Å². The zero-order valence-electron chi connectivity index (χ0n) is 8.09. The van der Waals surface area contributed by atoms with Crippen LogP contribution >= 0.6 is 11.8 Å². The molecule has 0 radical (unpaired) electrons. The van der Waals surface area contributed by atoms with Crippen molar-refractivity contribution < 1.29 is 5.11 Å². The standard InChI is InChI=1S/C10H19NOS/c12-7-10(4-1-5-13-8-10)11-6-9-2-3-9/h9,11-12H,1-8H2. The van der Waals surface area contributed by atoms with Crippen LogP contribution < -0.4 is 5.32 Å². The number of aliphatic hydroxyl groups is 1. The zero-order valence-corrected chi connectivity index (χ0v) is 8.91. The molecule has 1 unspecified atom stereocenters. The van der Waals surface area contributed by atoms with Gasteiger partial charge in [-0.1, -0.05) is 0 Å². The van der Waals surface area contributed by atoms with Gasteiger partial charge in [0.25, 0.3) is 0 Å². The van der Waals surface area contributed by atoms with E-state index in [9.17, 15) is 5.11 Å². The molecule has 2 rings (SSSR count). The number of thioether (sulfide) groups is 1. The summed E-state index contributed by atoms with van der Waals surface area (Å²) in [6.07, 6.45) is 5.19. The van der Waals surface area contributed by atoms with Crippen molar-refractivity contribution in [1.29, 1.82) is 0 Å². The van der Waals surface area contributed by atoms with E-state index < -0.39 is 0 Å². The molecule has 3 heteroatoms. The summed E-state index contributed by atoms with van der Waals surface area (Å²) in [5.41, 5.74) is 0.0610. The van der Waals surface area contributed by atoms with Crippen molar-refractivity contribution in [3.63, 3.8) is 0 Å². The van der Waals surface area contributed by atoms with Crippen LogP contribution in [0.15, 0.2) is 0 Å². The van der Waals surface area contributed by atoms with Gasteiger partial charge >= 0.3 is 0 Å². The van der Waals surface area contributed by atoms with Crippen molar-refractivity contribution in [2.45, 2.75) is 31.2 Å². The average Bonchev–Trinajstić information content (AvgIpc) is 3.00. The van der Waals surface area contributed by atoms with E-state index in [0.717, 1.165) is 24.6 Å². The van der Waals surface area contributed by atoms with Crippen molar-refractivity contribution in [3.8, 4) is 0 Å². The molecule has 2 aliphatic rings. The maximum atomic E-state index is 9.40. The van der Waals surface area contributed by atoms with Crippen molar-refractivity contribution in [2.75, 3.05) is 24.7 Å². The lowest BCUT2D eigenvalue weighted by atomic mass is 9.96. The molecule has 0 aromatic heterocycles. The van der Waals surface area contributed by atoms with Crippen LogP contribution in [0.1, 0.15) is 25.7 Å². The van der Waals surface area contributed by atoms with Crippen LogP contribution in [0.3, 0.4) is 0 Å². The smallest absolute Gasteiger partial charge is 0.0621 e. The van der Waals surface area contributed by atoms with Crippen molar-refractivity contribution in [1.82, 2.24) is 5.32 Å². The second kappa shape index (κ2) is 4.20. The fraction of sp³-hybridized carbons (Fsp3) is 1.00. The predicted molar refractivity (Wildman–Crippen MR) is 57.1 cm³/mol. The van der Waals surface area contributed by atoms with E-state index in [4.69, 9.17) is 0 Å². The first-order valence-electron chi connectivity index (χ1n) is 5.28. The highest BCUT2D eigenvalue weighted by molar-refractivity contribution is 7.99. The Kier molecular flexibility index (Phi) is 3.17. The fourth-order valence-electron chi connectivity index (χ4n) is 1.86. The Morgan fingerprint density at radius 3 is 2.85 bits per heavy atom. The molecule has 1 heterocycles. The van der Waals surface area contributed by atoms with Gasteiger partial charge in [-0.2, -0.15) is 11.8 Å². The molecule has 0 spiro atoms. The van der Waals surface area contributed by atoms with Crippen LogP contribution in [0.25, 0.3) is 0 Å². The number of aliphatic hydroxyl groups excluding tert-OH is 1. The number of hydrogen-bond donors (Lipinski definition) is 2. The molecule has 0 amide bonds. The van der Waals surface area contributed by atoms with Gasteiger partial charge in [-0.25, -0.2) is 0 Å². The summed E-state index contributed by atoms with van der Waals surface area (Å²) in [6, 6.07) is 0. The van der Waals surface area contributed by atoms with Crippen LogP contribution in [0, 0.1) is 5.92 Å². The molecule has 2 N–H and O–H groups in total. The van der Waals surface area contributed by atoms with Crippen molar-refractivity contribution in [3.05, 3.63) is 0 Å². The van der Waals surface area contributed by atoms with Gasteiger partial charge in [0.15, 0.2) is 0 Å². The topological polar surface area (TPSA) is 32.3 Å². The average molecular weight is 201 g/mol. The molecule has 1 aliphatic heterocycles. The molecule has 0 aromatic carbocycles. The Bertz CT molecular complexity index is 164. The summed E-state index contributed by atoms with van der Waals surface area (Å²) in [7, 11) is 0. The van der Waals surface area contributed by atoms with Gasteiger partial charge in [0.05, 0.1) is 12.1 Å². The first-order valence-corrected chi connectivity index (χ1v) is 6.44. The summed E-state index contributed by atoms with van der Waals surface area (Å²) >= 11 is 1.98. The highest BCUT2D eigenvalue weighted by Gasteiger charge is 2.33. The van der Waals surface area contributed by atoms with Crippen LogP contribution in [-0.4, -0.2) is 35.3 Å². The van der Waals surface area contributed by atoms with Gasteiger partial charge in [0, 0.05) is 5.75 Å². The molecule has 2 nitrogen and oxygen atoms in total. The van der Waals surface area contributed by atoms with E-state index in [1.807, 2.05) is 11.8 Å². The summed E-state index contributed by atoms with van der Waals surface area (Å²) in [4.78, 5) is 0. The Balaban J connectivity index is 1.80. The van der Waals surface area contributed by atoms with Crippen LogP contribution in [0.4, 0.5) is 0 Å². The van der Waals surface area contributed by atoms with Crippen LogP contribution in [-0.2, 0) is 0 Å². The zero-order chi connectivity index (χ0) is 9.15. The third-order valence-corrected chi connectivity index (χ3v) is 4.42. The largest absolute Gasteiger partial charge is 0.394 e. The van der Waals surface area contributed by atoms with Gasteiger partial charge in [0.1, 0.15) is 0 Å². The molecular weight excluding hydrogens is 182 g/mol. The SMILES string of the molecule is OCC1(NCC2CC2)CCCSC1. The molecule has 1 saturated heterocycles. The normalized spacial score (nSPS) is 34.8. The lowest BCUT2D eigenvalue weighted by Gasteiger charge is -2.36. The Morgan fingerprint density at radius 1 is 1.46 bits per heavy atom. The molecular formula is C10H19NOS. The van der Waals surface area contributed by atoms with E-state index in [1.54, 1.807) is 0 Å². The molecule has 0 aromatic rings. The second-order valence-electron chi connectivity index (χ2n) is 4.42. The minimum Gasteiger partial charge on any atom is -0.394 e. The summed E-state index contributed by atoms with van der Waals surface area (Å²) in [6.45, 7) is 1.44. The van der Waals surface area contributed by atoms with Crippen LogP contribution in [0.2, 0.25) is 0 Å². The minimum atomic E-state index is 0.0610. The van der Waals surface area contributed by atoms with E-state index >= 15 is 0 Å². The fourth-order valence-corrected chi connectivity index (χ4v) is 3.08. The van der Waals surface area contributed by atoms with Gasteiger partial charge in [-0.15, -0.1) is 0 Å². The second-order valence-corrected chi connectivity index (χ2v) is 5.52. The highest BCUT2D eigenvalue weighted by atomic mass is 32.2.